The van der Waals surface area contributed by atoms with Gasteiger partial charge >= 0.3 is 0 Å². The van der Waals surface area contributed by atoms with Gasteiger partial charge in [-0.1, -0.05) is 19.3 Å². The van der Waals surface area contributed by atoms with E-state index >= 15 is 0 Å². The van der Waals surface area contributed by atoms with Gasteiger partial charge in [0.05, 0.1) is 0 Å². The van der Waals surface area contributed by atoms with Gasteiger partial charge in [0.15, 0.2) is 0 Å². The fourth-order valence-corrected chi connectivity index (χ4v) is 3.33. The van der Waals surface area contributed by atoms with Gasteiger partial charge in [0.1, 0.15) is 0 Å². The summed E-state index contributed by atoms with van der Waals surface area (Å²) in [7, 11) is 0. The third-order valence-corrected chi connectivity index (χ3v) is 4.48. The highest BCUT2D eigenvalue weighted by Crippen LogP contribution is 2.44. The number of nitrogens with zero attached hydrogens (tertiary/aromatic N) is 1. The van der Waals surface area contributed by atoms with Crippen LogP contribution in [0.2, 0.25) is 0 Å². The van der Waals surface area contributed by atoms with E-state index in [9.17, 15) is 0 Å². The Morgan fingerprint density at radius 3 is 2.14 bits per heavy atom. The second-order valence-electron chi connectivity index (χ2n) is 5.70. The van der Waals surface area contributed by atoms with Gasteiger partial charge in [0.25, 0.3) is 0 Å². The maximum atomic E-state index is 6.36. The molecule has 2 N–H and O–H groups in total. The van der Waals surface area contributed by atoms with Crippen molar-refractivity contribution < 1.29 is 0 Å². The maximum Gasteiger partial charge on any atom is 0.0441 e. The Hall–Kier alpha value is -0.0800. The van der Waals surface area contributed by atoms with Crippen LogP contribution in [0.1, 0.15) is 44.9 Å². The molecule has 0 aromatic heterocycles. The van der Waals surface area contributed by atoms with Crippen LogP contribution in [0.15, 0.2) is 0 Å². The topological polar surface area (TPSA) is 29.3 Å². The van der Waals surface area contributed by atoms with E-state index in [-0.39, 0.29) is 5.54 Å². The fraction of sp³-hybridized carbons (Fsp3) is 1.00. The number of hydrogen-bond acceptors (Lipinski definition) is 2. The van der Waals surface area contributed by atoms with E-state index in [1.807, 2.05) is 0 Å². The zero-order valence-electron chi connectivity index (χ0n) is 9.04. The summed E-state index contributed by atoms with van der Waals surface area (Å²) in [4.78, 5) is 2.65. The first kappa shape index (κ1) is 9.17. The summed E-state index contributed by atoms with van der Waals surface area (Å²) in [6.07, 6.45) is 10.0. The third-order valence-electron chi connectivity index (χ3n) is 4.48. The van der Waals surface area contributed by atoms with Gasteiger partial charge in [-0.3, -0.25) is 4.90 Å². The van der Waals surface area contributed by atoms with Crippen LogP contribution in [-0.2, 0) is 0 Å². The summed E-state index contributed by atoms with van der Waals surface area (Å²) in [6.45, 7) is 2.39. The van der Waals surface area contributed by atoms with Crippen molar-refractivity contribution in [1.82, 2.24) is 4.90 Å². The van der Waals surface area contributed by atoms with Crippen molar-refractivity contribution >= 4 is 0 Å². The Morgan fingerprint density at radius 1 is 0.929 bits per heavy atom. The summed E-state index contributed by atoms with van der Waals surface area (Å²) >= 11 is 0. The monoisotopic (exact) mass is 194 g/mol. The molecule has 0 aromatic rings. The summed E-state index contributed by atoms with van der Waals surface area (Å²) in [5, 5.41) is 0. The minimum atomic E-state index is 0.234. The Labute approximate surface area is 86.8 Å². The highest BCUT2D eigenvalue weighted by atomic mass is 15.3. The third kappa shape index (κ3) is 1.49. The molecule has 80 valence electrons. The number of likely N-dealkylation sites (tertiary alicyclic amines) is 1. The molecule has 1 aliphatic heterocycles. The van der Waals surface area contributed by atoms with Crippen LogP contribution in [0.4, 0.5) is 0 Å². The molecule has 2 saturated carbocycles. The Kier molecular flexibility index (Phi) is 2.10. The summed E-state index contributed by atoms with van der Waals surface area (Å²) in [6, 6.07) is 0.888. The Morgan fingerprint density at radius 2 is 1.57 bits per heavy atom. The maximum absolute atomic E-state index is 6.36. The van der Waals surface area contributed by atoms with Gasteiger partial charge in [-0.25, -0.2) is 0 Å². The first-order valence-corrected chi connectivity index (χ1v) is 6.31. The average molecular weight is 194 g/mol. The van der Waals surface area contributed by atoms with Gasteiger partial charge in [-0.05, 0) is 31.6 Å². The molecule has 1 heterocycles. The van der Waals surface area contributed by atoms with Gasteiger partial charge < -0.3 is 5.73 Å². The first-order valence-electron chi connectivity index (χ1n) is 6.31. The molecular formula is C12H22N2. The molecule has 14 heavy (non-hydrogen) atoms. The van der Waals surface area contributed by atoms with Crippen LogP contribution >= 0.6 is 0 Å². The molecule has 0 bridgehead atoms. The van der Waals surface area contributed by atoms with Crippen molar-refractivity contribution in [2.75, 3.05) is 13.1 Å². The largest absolute Gasteiger partial charge is 0.323 e. The number of nitrogens with two attached hydrogens (primary N) is 1. The summed E-state index contributed by atoms with van der Waals surface area (Å²) in [5.74, 6) is 0.877. The smallest absolute Gasteiger partial charge is 0.0441 e. The van der Waals surface area contributed by atoms with E-state index in [4.69, 9.17) is 5.73 Å². The Balaban J connectivity index is 1.52. The molecule has 0 atom stereocenters. The lowest BCUT2D eigenvalue weighted by Crippen LogP contribution is -2.70. The van der Waals surface area contributed by atoms with Crippen molar-refractivity contribution in [2.45, 2.75) is 56.5 Å². The highest BCUT2D eigenvalue weighted by Gasteiger charge is 2.51. The van der Waals surface area contributed by atoms with Crippen molar-refractivity contribution in [3.8, 4) is 0 Å². The van der Waals surface area contributed by atoms with E-state index in [0.717, 1.165) is 12.0 Å². The van der Waals surface area contributed by atoms with Crippen molar-refractivity contribution in [3.05, 3.63) is 0 Å². The van der Waals surface area contributed by atoms with Crippen molar-refractivity contribution in [2.24, 2.45) is 11.7 Å². The molecule has 0 amide bonds. The lowest BCUT2D eigenvalue weighted by Gasteiger charge is -2.52. The zero-order valence-corrected chi connectivity index (χ0v) is 9.04. The summed E-state index contributed by atoms with van der Waals surface area (Å²) < 4.78 is 0. The first-order chi connectivity index (χ1) is 6.78. The van der Waals surface area contributed by atoms with Gasteiger partial charge in [0.2, 0.25) is 0 Å². The molecule has 2 heteroatoms. The van der Waals surface area contributed by atoms with Gasteiger partial charge in [-0.2, -0.15) is 0 Å². The van der Waals surface area contributed by atoms with E-state index < -0.39 is 0 Å². The second-order valence-corrected chi connectivity index (χ2v) is 5.70. The van der Waals surface area contributed by atoms with E-state index in [0.29, 0.717) is 0 Å². The molecule has 0 unspecified atom stereocenters. The summed E-state index contributed by atoms with van der Waals surface area (Å²) in [5.41, 5.74) is 6.60. The highest BCUT2D eigenvalue weighted by molar-refractivity contribution is 5.10. The van der Waals surface area contributed by atoms with Gasteiger partial charge in [0, 0.05) is 24.7 Å². The number of rotatable bonds is 2. The van der Waals surface area contributed by atoms with Crippen LogP contribution in [-0.4, -0.2) is 29.6 Å². The van der Waals surface area contributed by atoms with E-state index in [1.54, 1.807) is 0 Å². The second kappa shape index (κ2) is 3.21. The normalized spacial score (nSPS) is 34.1. The van der Waals surface area contributed by atoms with Crippen molar-refractivity contribution in [1.29, 1.82) is 0 Å². The molecule has 2 nitrogen and oxygen atoms in total. The molecule has 3 rings (SSSR count). The minimum Gasteiger partial charge on any atom is -0.323 e. The predicted octanol–water partition coefficient (Wildman–Crippen LogP) is 1.74. The SMILES string of the molecule is NC1(C2CC2)CN(C2CCCCC2)C1. The molecule has 3 fully saturated rings. The fourth-order valence-electron chi connectivity index (χ4n) is 3.33. The minimum absolute atomic E-state index is 0.234. The molecule has 2 aliphatic carbocycles. The molecule has 3 aliphatic rings. The predicted molar refractivity (Wildman–Crippen MR) is 58.1 cm³/mol. The lowest BCUT2D eigenvalue weighted by molar-refractivity contribution is 0.00303. The van der Waals surface area contributed by atoms with E-state index in [2.05, 4.69) is 4.90 Å². The van der Waals surface area contributed by atoms with Crippen LogP contribution in [0.25, 0.3) is 0 Å². The molecule has 1 saturated heterocycles. The standard InChI is InChI=1S/C12H22N2/c13-12(10-6-7-10)8-14(9-12)11-4-2-1-3-5-11/h10-11H,1-9,13H2. The van der Waals surface area contributed by atoms with E-state index in [1.165, 1.54) is 58.0 Å². The zero-order chi connectivity index (χ0) is 9.60. The van der Waals surface area contributed by atoms with Crippen LogP contribution in [0.5, 0.6) is 0 Å². The molecular weight excluding hydrogens is 172 g/mol. The van der Waals surface area contributed by atoms with Crippen molar-refractivity contribution in [3.63, 3.8) is 0 Å². The number of hydrogen-bond donors (Lipinski definition) is 1. The molecule has 0 radical (unpaired) electrons. The van der Waals surface area contributed by atoms with Gasteiger partial charge in [-0.15, -0.1) is 0 Å². The quantitative estimate of drug-likeness (QED) is 0.725. The molecule has 0 spiro atoms. The lowest BCUT2D eigenvalue weighted by atomic mass is 9.82. The molecule has 0 aromatic carbocycles. The average Bonchev–Trinajstić information content (AvgIpc) is 2.98. The van der Waals surface area contributed by atoms with Crippen LogP contribution < -0.4 is 5.73 Å². The van der Waals surface area contributed by atoms with Crippen LogP contribution in [0.3, 0.4) is 0 Å². The Bertz CT molecular complexity index is 210. The van der Waals surface area contributed by atoms with Crippen LogP contribution in [0, 0.1) is 5.92 Å².